The Bertz CT molecular complexity index is 375. The molecule has 0 aliphatic rings. The molecule has 0 bridgehead atoms. The van der Waals surface area contributed by atoms with Crippen molar-refractivity contribution in [2.24, 2.45) is 0 Å². The van der Waals surface area contributed by atoms with Crippen molar-refractivity contribution in [1.82, 2.24) is 9.78 Å². The van der Waals surface area contributed by atoms with Crippen LogP contribution in [0.1, 0.15) is 50.8 Å². The molecule has 90 valence electrons. The van der Waals surface area contributed by atoms with E-state index in [0.717, 1.165) is 12.1 Å². The third-order valence-electron chi connectivity index (χ3n) is 2.10. The molecule has 0 amide bonds. The minimum absolute atomic E-state index is 0.304. The third-order valence-corrected chi connectivity index (χ3v) is 2.10. The molecule has 1 aromatic rings. The maximum Gasteiger partial charge on any atom is 0.357 e. The molecule has 0 fully saturated rings. The first-order valence-electron chi connectivity index (χ1n) is 5.67. The van der Waals surface area contributed by atoms with Gasteiger partial charge in [0.05, 0.1) is 5.69 Å². The fourth-order valence-corrected chi connectivity index (χ4v) is 1.38. The molecule has 0 aliphatic carbocycles. The number of nitrogens with zero attached hydrogens (tertiary/aromatic N) is 2. The number of carbonyl (C=O) groups is 1. The second-order valence-corrected chi connectivity index (χ2v) is 4.69. The van der Waals surface area contributed by atoms with Crippen molar-refractivity contribution in [1.29, 1.82) is 0 Å². The zero-order chi connectivity index (χ0) is 12.3. The Labute approximate surface area is 96.6 Å². The van der Waals surface area contributed by atoms with E-state index in [-0.39, 0.29) is 5.97 Å². The minimum Gasteiger partial charge on any atom is -0.455 e. The molecule has 0 saturated heterocycles. The van der Waals surface area contributed by atoms with Crippen LogP contribution < -0.4 is 0 Å². The molecule has 16 heavy (non-hydrogen) atoms. The SMILES string of the molecule is CCc1cc(C(=O)OC(C)(C)C)n(CC)n1. The Hall–Kier alpha value is -1.32. The molecule has 1 rings (SSSR count). The van der Waals surface area contributed by atoms with Crippen molar-refractivity contribution < 1.29 is 9.53 Å². The van der Waals surface area contributed by atoms with Crippen molar-refractivity contribution in [2.45, 2.75) is 53.2 Å². The fourth-order valence-electron chi connectivity index (χ4n) is 1.38. The standard InChI is InChI=1S/C12H20N2O2/c1-6-9-8-10(14(7-2)13-9)11(15)16-12(3,4)5/h8H,6-7H2,1-5H3. The smallest absolute Gasteiger partial charge is 0.357 e. The van der Waals surface area contributed by atoms with Crippen molar-refractivity contribution in [3.05, 3.63) is 17.5 Å². The van der Waals surface area contributed by atoms with Crippen molar-refractivity contribution in [3.63, 3.8) is 0 Å². The normalized spacial score (nSPS) is 11.6. The fraction of sp³-hybridized carbons (Fsp3) is 0.667. The van der Waals surface area contributed by atoms with Crippen LogP contribution in [0.25, 0.3) is 0 Å². The highest BCUT2D eigenvalue weighted by atomic mass is 16.6. The van der Waals surface area contributed by atoms with E-state index in [4.69, 9.17) is 4.74 Å². The van der Waals surface area contributed by atoms with Gasteiger partial charge >= 0.3 is 5.97 Å². The number of carbonyl (C=O) groups excluding carboxylic acids is 1. The monoisotopic (exact) mass is 224 g/mol. The Kier molecular flexibility index (Phi) is 3.73. The summed E-state index contributed by atoms with van der Waals surface area (Å²) >= 11 is 0. The molecule has 0 aliphatic heterocycles. The lowest BCUT2D eigenvalue weighted by Gasteiger charge is -2.19. The van der Waals surface area contributed by atoms with Crippen LogP contribution in [0.3, 0.4) is 0 Å². The lowest BCUT2D eigenvalue weighted by molar-refractivity contribution is 0.00562. The molecule has 1 heterocycles. The number of ether oxygens (including phenoxy) is 1. The van der Waals surface area contributed by atoms with Gasteiger partial charge in [0.1, 0.15) is 11.3 Å². The Morgan fingerprint density at radius 3 is 2.50 bits per heavy atom. The molecule has 0 aromatic carbocycles. The predicted molar refractivity (Wildman–Crippen MR) is 62.4 cm³/mol. The lowest BCUT2D eigenvalue weighted by atomic mass is 10.2. The van der Waals surface area contributed by atoms with Gasteiger partial charge in [-0.25, -0.2) is 4.79 Å². The quantitative estimate of drug-likeness (QED) is 0.741. The van der Waals surface area contributed by atoms with E-state index in [1.807, 2.05) is 34.6 Å². The maximum atomic E-state index is 11.9. The molecule has 0 spiro atoms. The molecule has 0 N–H and O–H groups in total. The summed E-state index contributed by atoms with van der Waals surface area (Å²) in [6, 6.07) is 1.80. The van der Waals surface area contributed by atoms with E-state index >= 15 is 0 Å². The molecule has 4 heteroatoms. The molecule has 0 unspecified atom stereocenters. The largest absolute Gasteiger partial charge is 0.455 e. The lowest BCUT2D eigenvalue weighted by Crippen LogP contribution is -2.25. The molecule has 0 radical (unpaired) electrons. The number of hydrogen-bond donors (Lipinski definition) is 0. The third kappa shape index (κ3) is 3.08. The highest BCUT2D eigenvalue weighted by Crippen LogP contribution is 2.13. The summed E-state index contributed by atoms with van der Waals surface area (Å²) in [5.41, 5.74) is 0.990. The molecule has 0 saturated carbocycles. The van der Waals surface area contributed by atoms with Crippen LogP contribution in [0.5, 0.6) is 0 Å². The highest BCUT2D eigenvalue weighted by Gasteiger charge is 2.21. The average molecular weight is 224 g/mol. The second-order valence-electron chi connectivity index (χ2n) is 4.69. The van der Waals surface area contributed by atoms with Crippen LogP contribution in [0, 0.1) is 0 Å². The van der Waals surface area contributed by atoms with Crippen molar-refractivity contribution >= 4 is 5.97 Å². The van der Waals surface area contributed by atoms with E-state index in [9.17, 15) is 4.79 Å². The second kappa shape index (κ2) is 4.68. The molecule has 0 atom stereocenters. The van der Waals surface area contributed by atoms with E-state index in [1.165, 1.54) is 0 Å². The van der Waals surface area contributed by atoms with Crippen LogP contribution in [-0.2, 0) is 17.7 Å². The number of rotatable bonds is 3. The van der Waals surface area contributed by atoms with Gasteiger partial charge in [0.15, 0.2) is 0 Å². The molecular weight excluding hydrogens is 204 g/mol. The predicted octanol–water partition coefficient (Wildman–Crippen LogP) is 2.42. The zero-order valence-corrected chi connectivity index (χ0v) is 10.7. The summed E-state index contributed by atoms with van der Waals surface area (Å²) in [7, 11) is 0. The van der Waals surface area contributed by atoms with E-state index < -0.39 is 5.60 Å². The zero-order valence-electron chi connectivity index (χ0n) is 10.7. The van der Waals surface area contributed by atoms with Crippen LogP contribution in [0.15, 0.2) is 6.07 Å². The van der Waals surface area contributed by atoms with Gasteiger partial charge in [0, 0.05) is 6.54 Å². The van der Waals surface area contributed by atoms with Crippen LogP contribution >= 0.6 is 0 Å². The van der Waals surface area contributed by atoms with E-state index in [0.29, 0.717) is 12.2 Å². The molecular formula is C12H20N2O2. The first kappa shape index (κ1) is 12.7. The van der Waals surface area contributed by atoms with Crippen molar-refractivity contribution in [3.8, 4) is 0 Å². The first-order valence-corrected chi connectivity index (χ1v) is 5.67. The Morgan fingerprint density at radius 1 is 1.44 bits per heavy atom. The van der Waals surface area contributed by atoms with Gasteiger partial charge < -0.3 is 4.74 Å². The summed E-state index contributed by atoms with van der Waals surface area (Å²) in [5.74, 6) is -0.304. The Morgan fingerprint density at radius 2 is 2.06 bits per heavy atom. The Balaban J connectivity index is 2.94. The van der Waals surface area contributed by atoms with Gasteiger partial charge in [0.2, 0.25) is 0 Å². The van der Waals surface area contributed by atoms with Gasteiger partial charge in [-0.1, -0.05) is 6.92 Å². The van der Waals surface area contributed by atoms with Crippen LogP contribution in [0.4, 0.5) is 0 Å². The van der Waals surface area contributed by atoms with Gasteiger partial charge in [-0.15, -0.1) is 0 Å². The summed E-state index contributed by atoms with van der Waals surface area (Å²) in [6.45, 7) is 10.2. The van der Waals surface area contributed by atoms with Gasteiger partial charge in [-0.2, -0.15) is 5.10 Å². The van der Waals surface area contributed by atoms with Crippen LogP contribution in [-0.4, -0.2) is 21.4 Å². The maximum absolute atomic E-state index is 11.9. The number of aromatic nitrogens is 2. The van der Waals surface area contributed by atoms with Gasteiger partial charge in [0.25, 0.3) is 0 Å². The summed E-state index contributed by atoms with van der Waals surface area (Å²) in [5, 5.41) is 4.31. The molecule has 1 aromatic heterocycles. The first-order chi connectivity index (χ1) is 7.37. The van der Waals surface area contributed by atoms with Gasteiger partial charge in [-0.05, 0) is 40.2 Å². The average Bonchev–Trinajstić information content (AvgIpc) is 2.58. The summed E-state index contributed by atoms with van der Waals surface area (Å²) in [4.78, 5) is 11.9. The summed E-state index contributed by atoms with van der Waals surface area (Å²) < 4.78 is 7.01. The molecule has 4 nitrogen and oxygen atoms in total. The number of aryl methyl sites for hydroxylation is 2. The van der Waals surface area contributed by atoms with Gasteiger partial charge in [-0.3, -0.25) is 4.68 Å². The minimum atomic E-state index is -0.466. The van der Waals surface area contributed by atoms with Crippen molar-refractivity contribution in [2.75, 3.05) is 0 Å². The summed E-state index contributed by atoms with van der Waals surface area (Å²) in [6.07, 6.45) is 0.822. The highest BCUT2D eigenvalue weighted by molar-refractivity contribution is 5.88. The van der Waals surface area contributed by atoms with E-state index in [1.54, 1.807) is 10.7 Å². The van der Waals surface area contributed by atoms with E-state index in [2.05, 4.69) is 5.10 Å². The topological polar surface area (TPSA) is 44.1 Å². The van der Waals surface area contributed by atoms with Crippen LogP contribution in [0.2, 0.25) is 0 Å². The number of esters is 1. The number of hydrogen-bond acceptors (Lipinski definition) is 3.